The highest BCUT2D eigenvalue weighted by molar-refractivity contribution is 6.33. The number of carbonyl (C=O) groups is 1. The standard InChI is InChI=1S/C19H17ClFN3O3/c1-2-26-14-6-3-12(4-7-14)19-23-18(27-24-19)10-9-17(25)22-16-8-5-13(21)11-15(16)20/h3-8,11H,2,9-10H2,1H3,(H,22,25). The first kappa shape index (κ1) is 18.8. The van der Waals surface area contributed by atoms with Crippen molar-refractivity contribution in [2.45, 2.75) is 19.8 Å². The fraction of sp³-hybridized carbons (Fsp3) is 0.211. The van der Waals surface area contributed by atoms with Crippen LogP contribution in [0.15, 0.2) is 47.0 Å². The van der Waals surface area contributed by atoms with E-state index in [0.29, 0.717) is 24.0 Å². The summed E-state index contributed by atoms with van der Waals surface area (Å²) >= 11 is 5.89. The van der Waals surface area contributed by atoms with Crippen molar-refractivity contribution in [1.29, 1.82) is 0 Å². The normalized spacial score (nSPS) is 10.6. The fourth-order valence-corrected chi connectivity index (χ4v) is 2.58. The van der Waals surface area contributed by atoms with Crippen molar-refractivity contribution in [3.8, 4) is 17.1 Å². The number of anilines is 1. The molecule has 1 N–H and O–H groups in total. The Bertz CT molecular complexity index is 928. The lowest BCUT2D eigenvalue weighted by Crippen LogP contribution is -2.12. The molecule has 2 aromatic carbocycles. The summed E-state index contributed by atoms with van der Waals surface area (Å²) in [5, 5.41) is 6.69. The summed E-state index contributed by atoms with van der Waals surface area (Å²) in [4.78, 5) is 16.3. The first-order valence-corrected chi connectivity index (χ1v) is 8.73. The maximum absolute atomic E-state index is 13.0. The molecule has 0 radical (unpaired) electrons. The summed E-state index contributed by atoms with van der Waals surface area (Å²) in [6.45, 7) is 2.51. The molecule has 0 bridgehead atoms. The molecule has 0 aliphatic rings. The van der Waals surface area contributed by atoms with Crippen molar-refractivity contribution in [2.75, 3.05) is 11.9 Å². The zero-order chi connectivity index (χ0) is 19.2. The average molecular weight is 390 g/mol. The van der Waals surface area contributed by atoms with E-state index in [0.717, 1.165) is 17.4 Å². The molecular weight excluding hydrogens is 373 g/mol. The predicted octanol–water partition coefficient (Wildman–Crippen LogP) is 4.50. The van der Waals surface area contributed by atoms with Gasteiger partial charge in [0.25, 0.3) is 0 Å². The van der Waals surface area contributed by atoms with Crippen LogP contribution in [0.5, 0.6) is 5.75 Å². The highest BCUT2D eigenvalue weighted by Crippen LogP contribution is 2.23. The van der Waals surface area contributed by atoms with Crippen molar-refractivity contribution in [3.63, 3.8) is 0 Å². The van der Waals surface area contributed by atoms with Crippen LogP contribution in [0.3, 0.4) is 0 Å². The van der Waals surface area contributed by atoms with Crippen LogP contribution in [0.2, 0.25) is 5.02 Å². The highest BCUT2D eigenvalue weighted by Gasteiger charge is 2.12. The first-order valence-electron chi connectivity index (χ1n) is 8.36. The van der Waals surface area contributed by atoms with Gasteiger partial charge in [0, 0.05) is 18.4 Å². The average Bonchev–Trinajstić information content (AvgIpc) is 3.12. The third-order valence-electron chi connectivity index (χ3n) is 3.66. The molecule has 0 aliphatic carbocycles. The Morgan fingerprint density at radius 3 is 2.74 bits per heavy atom. The minimum absolute atomic E-state index is 0.124. The number of ether oxygens (including phenoxy) is 1. The quantitative estimate of drug-likeness (QED) is 0.643. The van der Waals surface area contributed by atoms with E-state index < -0.39 is 5.82 Å². The Balaban J connectivity index is 1.56. The van der Waals surface area contributed by atoms with Crippen molar-refractivity contribution >= 4 is 23.2 Å². The smallest absolute Gasteiger partial charge is 0.227 e. The molecule has 0 spiro atoms. The second-order valence-electron chi connectivity index (χ2n) is 5.64. The molecule has 1 aromatic heterocycles. The number of amides is 1. The van der Waals surface area contributed by atoms with E-state index >= 15 is 0 Å². The third kappa shape index (κ3) is 5.04. The van der Waals surface area contributed by atoms with E-state index in [-0.39, 0.29) is 23.8 Å². The van der Waals surface area contributed by atoms with E-state index in [4.69, 9.17) is 20.9 Å². The number of nitrogens with one attached hydrogen (secondary N) is 1. The molecule has 0 aliphatic heterocycles. The van der Waals surface area contributed by atoms with Gasteiger partial charge in [0.05, 0.1) is 17.3 Å². The van der Waals surface area contributed by atoms with Crippen molar-refractivity contribution in [1.82, 2.24) is 10.1 Å². The molecular formula is C19H17ClFN3O3. The van der Waals surface area contributed by atoms with Gasteiger partial charge in [-0.3, -0.25) is 4.79 Å². The number of carbonyl (C=O) groups excluding carboxylic acids is 1. The summed E-state index contributed by atoms with van der Waals surface area (Å²) in [6, 6.07) is 11.1. The van der Waals surface area contributed by atoms with E-state index in [1.165, 1.54) is 12.1 Å². The Labute approximate surface area is 160 Å². The van der Waals surface area contributed by atoms with Crippen LogP contribution in [-0.4, -0.2) is 22.7 Å². The van der Waals surface area contributed by atoms with Crippen LogP contribution >= 0.6 is 11.6 Å². The van der Waals surface area contributed by atoms with E-state index in [2.05, 4.69) is 15.5 Å². The minimum atomic E-state index is -0.467. The van der Waals surface area contributed by atoms with Crippen LogP contribution in [0.1, 0.15) is 19.2 Å². The van der Waals surface area contributed by atoms with Gasteiger partial charge in [-0.1, -0.05) is 16.8 Å². The predicted molar refractivity (Wildman–Crippen MR) is 99.3 cm³/mol. The van der Waals surface area contributed by atoms with Crippen LogP contribution in [0.4, 0.5) is 10.1 Å². The maximum atomic E-state index is 13.0. The van der Waals surface area contributed by atoms with Gasteiger partial charge in [0.15, 0.2) is 0 Å². The van der Waals surface area contributed by atoms with Crippen LogP contribution in [0, 0.1) is 5.82 Å². The lowest BCUT2D eigenvalue weighted by atomic mass is 10.2. The Hall–Kier alpha value is -2.93. The van der Waals surface area contributed by atoms with Crippen molar-refractivity contribution in [3.05, 3.63) is 59.2 Å². The van der Waals surface area contributed by atoms with Gasteiger partial charge in [-0.05, 0) is 49.4 Å². The number of halogens is 2. The summed E-state index contributed by atoms with van der Waals surface area (Å²) in [6.07, 6.45) is 0.396. The van der Waals surface area contributed by atoms with E-state index in [9.17, 15) is 9.18 Å². The molecule has 0 fully saturated rings. The zero-order valence-corrected chi connectivity index (χ0v) is 15.3. The van der Waals surface area contributed by atoms with Crippen LogP contribution in [-0.2, 0) is 11.2 Å². The van der Waals surface area contributed by atoms with Gasteiger partial charge in [0.2, 0.25) is 17.6 Å². The SMILES string of the molecule is CCOc1ccc(-c2noc(CCC(=O)Nc3ccc(F)cc3Cl)n2)cc1. The van der Waals surface area contributed by atoms with Crippen molar-refractivity contribution in [2.24, 2.45) is 0 Å². The fourth-order valence-electron chi connectivity index (χ4n) is 2.36. The Kier molecular flexibility index (Phi) is 6.03. The number of benzene rings is 2. The summed E-state index contributed by atoms with van der Waals surface area (Å²) in [7, 11) is 0. The highest BCUT2D eigenvalue weighted by atomic mass is 35.5. The molecule has 3 rings (SSSR count). The molecule has 1 amide bonds. The molecule has 1 heterocycles. The van der Waals surface area contributed by atoms with Gasteiger partial charge < -0.3 is 14.6 Å². The molecule has 0 saturated heterocycles. The Morgan fingerprint density at radius 2 is 2.04 bits per heavy atom. The van der Waals surface area contributed by atoms with Crippen molar-refractivity contribution < 1.29 is 18.4 Å². The molecule has 6 nitrogen and oxygen atoms in total. The topological polar surface area (TPSA) is 77.2 Å². The first-order chi connectivity index (χ1) is 13.0. The van der Waals surface area contributed by atoms with Gasteiger partial charge in [0.1, 0.15) is 11.6 Å². The second-order valence-corrected chi connectivity index (χ2v) is 6.05. The Morgan fingerprint density at radius 1 is 1.26 bits per heavy atom. The summed E-state index contributed by atoms with van der Waals surface area (Å²) in [5.41, 5.74) is 1.14. The number of hydrogen-bond acceptors (Lipinski definition) is 5. The van der Waals surface area contributed by atoms with Crippen LogP contribution in [0.25, 0.3) is 11.4 Å². The van der Waals surface area contributed by atoms with Crippen LogP contribution < -0.4 is 10.1 Å². The molecule has 140 valence electrons. The maximum Gasteiger partial charge on any atom is 0.227 e. The molecule has 27 heavy (non-hydrogen) atoms. The lowest BCUT2D eigenvalue weighted by Gasteiger charge is -2.06. The lowest BCUT2D eigenvalue weighted by molar-refractivity contribution is -0.116. The molecule has 0 unspecified atom stereocenters. The summed E-state index contributed by atoms with van der Waals surface area (Å²) < 4.78 is 23.6. The molecule has 0 atom stereocenters. The molecule has 0 saturated carbocycles. The monoisotopic (exact) mass is 389 g/mol. The largest absolute Gasteiger partial charge is 0.494 e. The second kappa shape index (κ2) is 8.64. The third-order valence-corrected chi connectivity index (χ3v) is 3.98. The molecule has 3 aromatic rings. The molecule has 8 heteroatoms. The number of rotatable bonds is 7. The van der Waals surface area contributed by atoms with E-state index in [1.807, 2.05) is 31.2 Å². The van der Waals surface area contributed by atoms with Gasteiger partial charge in [-0.2, -0.15) is 4.98 Å². The number of aromatic nitrogens is 2. The zero-order valence-electron chi connectivity index (χ0n) is 14.5. The summed E-state index contributed by atoms with van der Waals surface area (Å²) in [5.74, 6) is 0.797. The van der Waals surface area contributed by atoms with Gasteiger partial charge >= 0.3 is 0 Å². The number of aryl methyl sites for hydroxylation is 1. The number of hydrogen-bond donors (Lipinski definition) is 1. The van der Waals surface area contributed by atoms with Gasteiger partial charge in [-0.15, -0.1) is 0 Å². The van der Waals surface area contributed by atoms with E-state index in [1.54, 1.807) is 0 Å². The number of nitrogens with zero attached hydrogens (tertiary/aromatic N) is 2. The minimum Gasteiger partial charge on any atom is -0.494 e. The van der Waals surface area contributed by atoms with Gasteiger partial charge in [-0.25, -0.2) is 4.39 Å².